The molecule has 0 aliphatic heterocycles. The lowest BCUT2D eigenvalue weighted by molar-refractivity contribution is -0.167. The topological polar surface area (TPSA) is 78.9 Å². The summed E-state index contributed by atoms with van der Waals surface area (Å²) in [6.07, 6.45) is 66.8. The molecule has 6 nitrogen and oxygen atoms in total. The third-order valence-electron chi connectivity index (χ3n) is 10.6. The van der Waals surface area contributed by atoms with Gasteiger partial charge in [-0.1, -0.05) is 214 Å². The first-order chi connectivity index (χ1) is 31.0. The minimum Gasteiger partial charge on any atom is -0.462 e. The molecule has 63 heavy (non-hydrogen) atoms. The van der Waals surface area contributed by atoms with Gasteiger partial charge >= 0.3 is 17.9 Å². The molecule has 6 heteroatoms. The number of allylic oxidation sites excluding steroid dienone is 16. The van der Waals surface area contributed by atoms with Gasteiger partial charge in [-0.15, -0.1) is 0 Å². The average Bonchev–Trinajstić information content (AvgIpc) is 3.28. The summed E-state index contributed by atoms with van der Waals surface area (Å²) in [6, 6.07) is 0. The molecule has 0 aliphatic rings. The van der Waals surface area contributed by atoms with Gasteiger partial charge in [0.15, 0.2) is 6.10 Å². The van der Waals surface area contributed by atoms with Crippen molar-refractivity contribution in [2.75, 3.05) is 13.2 Å². The number of carbonyl (C=O) groups is 3. The summed E-state index contributed by atoms with van der Waals surface area (Å²) in [7, 11) is 0. The molecule has 0 aromatic rings. The highest BCUT2D eigenvalue weighted by atomic mass is 16.6. The molecule has 0 spiro atoms. The number of rotatable bonds is 45. The molecular formula is C57H94O6. The number of hydrogen-bond acceptors (Lipinski definition) is 6. The van der Waals surface area contributed by atoms with E-state index in [1.54, 1.807) is 0 Å². The molecular weight excluding hydrogens is 781 g/mol. The van der Waals surface area contributed by atoms with Gasteiger partial charge in [-0.25, -0.2) is 0 Å². The third-order valence-corrected chi connectivity index (χ3v) is 10.6. The first-order valence-corrected chi connectivity index (χ1v) is 25.7. The highest BCUT2D eigenvalue weighted by Crippen LogP contribution is 2.14. The summed E-state index contributed by atoms with van der Waals surface area (Å²) in [6.45, 7) is 6.34. The van der Waals surface area contributed by atoms with Crippen molar-refractivity contribution in [2.45, 2.75) is 232 Å². The lowest BCUT2D eigenvalue weighted by atomic mass is 10.0. The van der Waals surface area contributed by atoms with E-state index in [1.807, 2.05) is 0 Å². The molecule has 0 rings (SSSR count). The molecule has 358 valence electrons. The predicted molar refractivity (Wildman–Crippen MR) is 270 cm³/mol. The number of esters is 3. The van der Waals surface area contributed by atoms with E-state index in [-0.39, 0.29) is 37.5 Å². The van der Waals surface area contributed by atoms with Crippen LogP contribution in [0.3, 0.4) is 0 Å². The fourth-order valence-corrected chi connectivity index (χ4v) is 6.79. The molecule has 1 atom stereocenters. The third kappa shape index (κ3) is 49.2. The Kier molecular flexibility index (Phi) is 48.0. The van der Waals surface area contributed by atoms with E-state index >= 15 is 0 Å². The maximum absolute atomic E-state index is 12.8. The number of ether oxygens (including phenoxy) is 3. The standard InChI is InChI=1S/C57H94O6/c1-4-7-10-13-16-19-22-25-27-28-30-32-35-38-41-44-47-50-56(59)62-53-54(52-61-55(58)49-46-43-40-37-34-31-24-21-18-15-12-9-6-3)63-57(60)51-48-45-42-39-36-33-29-26-23-20-17-14-11-8-5-2/h7-8,10-11,16-17,19-20,25-27,29-30,32,38,41,54H,4-6,9,12-15,18,21-24,28,31,33-37,39-40,42-53H2,1-3H3/b10-7-,11-8-,19-16-,20-17-,27-25-,29-26-,32-30-,41-38-/t54-/m1/s1. The molecule has 0 heterocycles. The fourth-order valence-electron chi connectivity index (χ4n) is 6.79. The van der Waals surface area contributed by atoms with Crippen LogP contribution in [0.15, 0.2) is 97.2 Å². The van der Waals surface area contributed by atoms with Crippen molar-refractivity contribution >= 4 is 17.9 Å². The van der Waals surface area contributed by atoms with Crippen LogP contribution in [0.2, 0.25) is 0 Å². The Bertz CT molecular complexity index is 1280. The van der Waals surface area contributed by atoms with Crippen LogP contribution in [0.4, 0.5) is 0 Å². The molecule has 0 N–H and O–H groups in total. The highest BCUT2D eigenvalue weighted by molar-refractivity contribution is 5.71. The van der Waals surface area contributed by atoms with Crippen molar-refractivity contribution in [1.82, 2.24) is 0 Å². The minimum atomic E-state index is -0.808. The van der Waals surface area contributed by atoms with E-state index < -0.39 is 6.10 Å². The van der Waals surface area contributed by atoms with Crippen LogP contribution < -0.4 is 0 Å². The van der Waals surface area contributed by atoms with Gasteiger partial charge < -0.3 is 14.2 Å². The van der Waals surface area contributed by atoms with Gasteiger partial charge in [0, 0.05) is 19.3 Å². The van der Waals surface area contributed by atoms with Crippen molar-refractivity contribution in [3.63, 3.8) is 0 Å². The van der Waals surface area contributed by atoms with E-state index in [2.05, 4.69) is 118 Å². The second kappa shape index (κ2) is 51.0. The smallest absolute Gasteiger partial charge is 0.306 e. The van der Waals surface area contributed by atoms with Crippen molar-refractivity contribution in [3.05, 3.63) is 97.2 Å². The van der Waals surface area contributed by atoms with Crippen molar-refractivity contribution in [1.29, 1.82) is 0 Å². The lowest BCUT2D eigenvalue weighted by Crippen LogP contribution is -2.30. The monoisotopic (exact) mass is 875 g/mol. The summed E-state index contributed by atoms with van der Waals surface area (Å²) in [4.78, 5) is 38.0. The molecule has 0 aromatic heterocycles. The normalized spacial score (nSPS) is 12.9. The van der Waals surface area contributed by atoms with Crippen molar-refractivity contribution < 1.29 is 28.6 Å². The average molecular weight is 875 g/mol. The second-order valence-corrected chi connectivity index (χ2v) is 16.7. The van der Waals surface area contributed by atoms with E-state index in [1.165, 1.54) is 64.2 Å². The molecule has 0 bridgehead atoms. The summed E-state index contributed by atoms with van der Waals surface area (Å²) >= 11 is 0. The van der Waals surface area contributed by atoms with Crippen LogP contribution in [0.25, 0.3) is 0 Å². The number of carbonyl (C=O) groups excluding carboxylic acids is 3. The highest BCUT2D eigenvalue weighted by Gasteiger charge is 2.19. The van der Waals surface area contributed by atoms with E-state index in [0.717, 1.165) is 116 Å². The Morgan fingerprint density at radius 3 is 1.03 bits per heavy atom. The van der Waals surface area contributed by atoms with Crippen LogP contribution >= 0.6 is 0 Å². The lowest BCUT2D eigenvalue weighted by Gasteiger charge is -2.18. The summed E-state index contributed by atoms with van der Waals surface area (Å²) in [5, 5.41) is 0. The van der Waals surface area contributed by atoms with Gasteiger partial charge in [0.25, 0.3) is 0 Å². The first-order valence-electron chi connectivity index (χ1n) is 25.7. The van der Waals surface area contributed by atoms with Crippen LogP contribution in [0.1, 0.15) is 226 Å². The number of unbranched alkanes of at least 4 members (excludes halogenated alkanes) is 18. The van der Waals surface area contributed by atoms with Crippen LogP contribution in [-0.4, -0.2) is 37.2 Å². The van der Waals surface area contributed by atoms with Crippen molar-refractivity contribution in [3.8, 4) is 0 Å². The van der Waals surface area contributed by atoms with Gasteiger partial charge in [0.05, 0.1) is 0 Å². The maximum Gasteiger partial charge on any atom is 0.306 e. The van der Waals surface area contributed by atoms with Gasteiger partial charge in [-0.05, 0) is 89.9 Å². The molecule has 0 aromatic carbocycles. The van der Waals surface area contributed by atoms with Crippen LogP contribution in [0.5, 0.6) is 0 Å². The summed E-state index contributed by atoms with van der Waals surface area (Å²) in [5.41, 5.74) is 0. The molecule has 0 fully saturated rings. The van der Waals surface area contributed by atoms with Gasteiger partial charge in [0.1, 0.15) is 13.2 Å². The number of hydrogen-bond donors (Lipinski definition) is 0. The predicted octanol–water partition coefficient (Wildman–Crippen LogP) is 17.0. The molecule has 0 aliphatic carbocycles. The summed E-state index contributed by atoms with van der Waals surface area (Å²) in [5.74, 6) is -0.982. The van der Waals surface area contributed by atoms with Gasteiger partial charge in [0.2, 0.25) is 0 Å². The fraction of sp³-hybridized carbons (Fsp3) is 0.667. The molecule has 0 saturated carbocycles. The maximum atomic E-state index is 12.8. The van der Waals surface area contributed by atoms with Gasteiger partial charge in [-0.3, -0.25) is 14.4 Å². The minimum absolute atomic E-state index is 0.102. The molecule has 0 saturated heterocycles. The van der Waals surface area contributed by atoms with E-state index in [0.29, 0.717) is 19.3 Å². The zero-order valence-corrected chi connectivity index (χ0v) is 40.8. The molecule has 0 radical (unpaired) electrons. The van der Waals surface area contributed by atoms with Crippen LogP contribution in [-0.2, 0) is 28.6 Å². The Hall–Kier alpha value is -3.67. The quantitative estimate of drug-likeness (QED) is 0.0262. The van der Waals surface area contributed by atoms with Crippen LogP contribution in [0, 0.1) is 0 Å². The van der Waals surface area contributed by atoms with Gasteiger partial charge in [-0.2, -0.15) is 0 Å². The summed E-state index contributed by atoms with van der Waals surface area (Å²) < 4.78 is 16.7. The SMILES string of the molecule is CC/C=C\C/C=C\C/C=C\C/C=C\C/C=C\CCCC(=O)OC[C@@H](COC(=O)CCCCCCCCCCCCCCC)OC(=O)CCCCCCC/C=C\C/C=C\C/C=C\CC. The Morgan fingerprint density at radius 2 is 0.635 bits per heavy atom. The largest absolute Gasteiger partial charge is 0.462 e. The van der Waals surface area contributed by atoms with E-state index in [9.17, 15) is 14.4 Å². The molecule has 0 amide bonds. The second-order valence-electron chi connectivity index (χ2n) is 16.7. The Labute approximate surface area is 387 Å². The Balaban J connectivity index is 4.51. The van der Waals surface area contributed by atoms with Crippen molar-refractivity contribution in [2.24, 2.45) is 0 Å². The first kappa shape index (κ1) is 59.3. The van der Waals surface area contributed by atoms with E-state index in [4.69, 9.17) is 14.2 Å². The zero-order chi connectivity index (χ0) is 45.8. The zero-order valence-electron chi connectivity index (χ0n) is 40.8. The molecule has 0 unspecified atom stereocenters. The Morgan fingerprint density at radius 1 is 0.333 bits per heavy atom.